The number of nitrogens with zero attached hydrogens (tertiary/aromatic N) is 10. The fraction of sp³-hybridized carbons (Fsp3) is 0.0450. The quantitative estimate of drug-likeness (QED) is 0.101. The number of aryl methyl sites for hydroxylation is 3. The molecule has 0 unspecified atom stereocenters. The van der Waals surface area contributed by atoms with Gasteiger partial charge >= 0.3 is 0 Å². The molecule has 2 radical (unpaired) electrons. The number of pyridine rings is 2. The molecule has 14 aromatic carbocycles. The van der Waals surface area contributed by atoms with Gasteiger partial charge in [0, 0.05) is 110 Å². The van der Waals surface area contributed by atoms with Gasteiger partial charge in [-0.1, -0.05) is 298 Å². The van der Waals surface area contributed by atoms with Crippen LogP contribution in [0.2, 0.25) is 0 Å². The third kappa shape index (κ3) is 23.0. The molecule has 10 nitrogen and oxygen atoms in total. The zero-order chi connectivity index (χ0) is 84.5. The minimum atomic E-state index is -0.649. The summed E-state index contributed by atoms with van der Waals surface area (Å²) < 4.78 is 33.5. The van der Waals surface area contributed by atoms with Gasteiger partial charge in [0.05, 0.1) is 35.2 Å². The summed E-state index contributed by atoms with van der Waals surface area (Å²) in [6.07, 6.45) is 11.3. The number of aromatic nitrogens is 10. The normalized spacial score (nSPS) is 10.4. The van der Waals surface area contributed by atoms with Gasteiger partial charge in [0.15, 0.2) is 0 Å². The molecule has 0 spiro atoms. The van der Waals surface area contributed by atoms with Crippen molar-refractivity contribution in [1.29, 1.82) is 0 Å². The summed E-state index contributed by atoms with van der Waals surface area (Å²) in [5.41, 5.74) is 31.5. The van der Waals surface area contributed by atoms with E-state index in [0.29, 0.717) is 5.69 Å². The average molecular weight is 1980 g/mol. The zero-order valence-electron chi connectivity index (χ0n) is 69.4. The molecule has 0 saturated heterocycles. The largest absolute Gasteiger partial charge is 0.305 e. The van der Waals surface area contributed by atoms with Crippen molar-refractivity contribution in [1.82, 2.24) is 49.1 Å². The third-order valence-corrected chi connectivity index (χ3v) is 20.5. The molecule has 0 amide bonds. The second kappa shape index (κ2) is 43.7. The number of rotatable bonds is 14. The molecule has 0 fully saturated rings. The molecule has 0 N–H and O–H groups in total. The SMILES string of the molecule is Cc1c[c-]c(-c2ccccn2)cc1.Cc1nn(-c2[c-]cccc2)c(C)c1-c1ccc(-c2ccccc2)cc1.Cc1nn(-c2[c-]cccc2)c(C)c1-c1ccc(-c2ccccc2)cc1.Fc1c[c-]c(-c2ccccn2)c(F)c1.[Ir].[Ir].c1ccc(-c2ccc(-c3cnn(-c4ccccc4)c3)cc2)cc1.c1ccc(-c2ccc(-c3cnn(-c4ccccc4)c3)cc2)cc1. The van der Waals surface area contributed by atoms with Gasteiger partial charge < -0.3 is 9.97 Å². The Morgan fingerprint density at radius 2 is 0.616 bits per heavy atom. The number of halogens is 2. The molecule has 0 bridgehead atoms. The molecule has 616 valence electrons. The fourth-order valence-electron chi connectivity index (χ4n) is 14.2. The number of para-hydroxylation sites is 4. The van der Waals surface area contributed by atoms with Crippen molar-refractivity contribution in [3.8, 4) is 134 Å². The van der Waals surface area contributed by atoms with Gasteiger partial charge in [-0.3, -0.25) is 18.1 Å². The maximum atomic E-state index is 13.2. The van der Waals surface area contributed by atoms with E-state index in [1.54, 1.807) is 30.6 Å². The Balaban J connectivity index is 0.000000130. The monoisotopic (exact) mass is 1980 g/mol. The van der Waals surface area contributed by atoms with Crippen LogP contribution in [0.4, 0.5) is 8.78 Å². The van der Waals surface area contributed by atoms with Gasteiger partial charge in [-0.15, -0.1) is 59.7 Å². The van der Waals surface area contributed by atoms with Crippen LogP contribution in [0.1, 0.15) is 28.3 Å². The van der Waals surface area contributed by atoms with E-state index in [4.69, 9.17) is 10.2 Å². The van der Waals surface area contributed by atoms with Crippen LogP contribution in [0.3, 0.4) is 0 Å². The zero-order valence-corrected chi connectivity index (χ0v) is 74.2. The van der Waals surface area contributed by atoms with E-state index in [-0.39, 0.29) is 45.8 Å². The van der Waals surface area contributed by atoms with Crippen molar-refractivity contribution in [2.75, 3.05) is 0 Å². The van der Waals surface area contributed by atoms with Crippen LogP contribution in [0.25, 0.3) is 134 Å². The van der Waals surface area contributed by atoms with E-state index in [1.807, 2.05) is 171 Å². The van der Waals surface area contributed by atoms with E-state index >= 15 is 0 Å². The van der Waals surface area contributed by atoms with E-state index in [9.17, 15) is 8.78 Å². The standard InChI is InChI=1S/2C23H19N2.2C21H16N2.C12H10N.C11H6F2N.2Ir/c2*1-17-23(18(2)25(24-17)22-11-7-4-8-12-22)21-15-13-20(14-16-21)19-9-5-3-6-10-19;2*1-3-7-17(8-4-1)18-11-13-19(14-12-18)20-15-22-23(16-20)21-9-5-2-6-10-21;1-10-5-7-11(8-6-10)12-4-2-3-9-13-12;12-8-4-5-9(10(13)7-8)11-3-1-2-6-14-11;;/h2*3-11,13-16H,1-2H3;2*1-16H;2-7,9H,1H3;1-4,6-7H;;/q2*-1;;;2*-1;;. The first kappa shape index (κ1) is 88.2. The fourth-order valence-corrected chi connectivity index (χ4v) is 14.2. The Morgan fingerprint density at radius 3 is 0.944 bits per heavy atom. The van der Waals surface area contributed by atoms with E-state index in [2.05, 4.69) is 316 Å². The van der Waals surface area contributed by atoms with Crippen molar-refractivity contribution >= 4 is 0 Å². The molecular weight excluding hydrogens is 1900 g/mol. The van der Waals surface area contributed by atoms with Crippen LogP contribution in [0.15, 0.2) is 431 Å². The molecule has 0 aliphatic carbocycles. The van der Waals surface area contributed by atoms with Crippen molar-refractivity contribution in [2.45, 2.75) is 34.6 Å². The number of benzene rings is 14. The first-order valence-corrected chi connectivity index (χ1v) is 40.5. The minimum absolute atomic E-state index is 0. The predicted octanol–water partition coefficient (Wildman–Crippen LogP) is 27.3. The number of hydrogen-bond acceptors (Lipinski definition) is 6. The second-order valence-electron chi connectivity index (χ2n) is 29.0. The maximum Gasteiger partial charge on any atom is 0.0678 e. The molecule has 125 heavy (non-hydrogen) atoms. The molecule has 14 heteroatoms. The molecule has 6 aromatic heterocycles. The Bertz CT molecular complexity index is 6330. The number of hydrogen-bond donors (Lipinski definition) is 0. The molecule has 20 rings (SSSR count). The third-order valence-electron chi connectivity index (χ3n) is 20.5. The van der Waals surface area contributed by atoms with E-state index in [1.165, 1.54) is 83.5 Å². The van der Waals surface area contributed by atoms with Gasteiger partial charge in [-0.25, -0.2) is 9.36 Å². The van der Waals surface area contributed by atoms with Crippen molar-refractivity contribution < 1.29 is 49.0 Å². The minimum Gasteiger partial charge on any atom is -0.305 e. The molecular formula is C111H86F2Ir2N10-4. The van der Waals surface area contributed by atoms with Gasteiger partial charge in [0.25, 0.3) is 0 Å². The molecule has 0 saturated carbocycles. The second-order valence-corrected chi connectivity index (χ2v) is 29.0. The van der Waals surface area contributed by atoms with Crippen molar-refractivity contribution in [3.05, 3.63) is 496 Å². The van der Waals surface area contributed by atoms with Crippen LogP contribution in [0.5, 0.6) is 0 Å². The summed E-state index contributed by atoms with van der Waals surface area (Å²) in [6.45, 7) is 10.4. The van der Waals surface area contributed by atoms with E-state index in [0.717, 1.165) is 80.0 Å². The van der Waals surface area contributed by atoms with Crippen LogP contribution < -0.4 is 0 Å². The molecule has 0 aliphatic rings. The van der Waals surface area contributed by atoms with Gasteiger partial charge in [-0.05, 0) is 154 Å². The summed E-state index contributed by atoms with van der Waals surface area (Å²) in [7, 11) is 0. The molecule has 0 aliphatic heterocycles. The summed E-state index contributed by atoms with van der Waals surface area (Å²) in [5, 5.41) is 18.4. The van der Waals surface area contributed by atoms with Gasteiger partial charge in [-0.2, -0.15) is 68.9 Å². The predicted molar refractivity (Wildman–Crippen MR) is 496 cm³/mol. The smallest absolute Gasteiger partial charge is 0.0678 e. The Hall–Kier alpha value is -14.6. The van der Waals surface area contributed by atoms with Crippen LogP contribution in [-0.4, -0.2) is 49.1 Å². The first-order chi connectivity index (χ1) is 60.4. The van der Waals surface area contributed by atoms with Crippen LogP contribution in [-0.2, 0) is 40.2 Å². The van der Waals surface area contributed by atoms with Gasteiger partial charge in [0.2, 0.25) is 0 Å². The Labute approximate surface area is 757 Å². The maximum absolute atomic E-state index is 13.2. The topological polar surface area (TPSA) is 97.1 Å². The summed E-state index contributed by atoms with van der Waals surface area (Å²) >= 11 is 0. The Kier molecular flexibility index (Phi) is 30.9. The van der Waals surface area contributed by atoms with E-state index < -0.39 is 11.6 Å². The summed E-state index contributed by atoms with van der Waals surface area (Å²) in [5.74, 6) is -1.29. The van der Waals surface area contributed by atoms with Crippen molar-refractivity contribution in [3.63, 3.8) is 0 Å². The van der Waals surface area contributed by atoms with Crippen LogP contribution >= 0.6 is 0 Å². The molecule has 6 heterocycles. The van der Waals surface area contributed by atoms with Crippen molar-refractivity contribution in [2.24, 2.45) is 0 Å². The molecule has 0 atom stereocenters. The van der Waals surface area contributed by atoms with Gasteiger partial charge in [0.1, 0.15) is 0 Å². The molecule has 20 aromatic rings. The average Bonchev–Trinajstić information content (AvgIpc) is 1.64. The Morgan fingerprint density at radius 1 is 0.288 bits per heavy atom. The van der Waals surface area contributed by atoms with Crippen LogP contribution in [0, 0.1) is 70.5 Å². The summed E-state index contributed by atoms with van der Waals surface area (Å²) in [4.78, 5) is 8.19. The summed E-state index contributed by atoms with van der Waals surface area (Å²) in [6, 6.07) is 144. The first-order valence-electron chi connectivity index (χ1n) is 40.5.